The quantitative estimate of drug-likeness (QED) is 0.734. The summed E-state index contributed by atoms with van der Waals surface area (Å²) in [4.78, 5) is 11.6. The van der Waals surface area contributed by atoms with Gasteiger partial charge in [-0.05, 0) is 39.0 Å². The van der Waals surface area contributed by atoms with Gasteiger partial charge in [-0.25, -0.2) is 0 Å². The molecule has 0 aromatic heterocycles. The van der Waals surface area contributed by atoms with Gasteiger partial charge in [0, 0.05) is 11.9 Å². The van der Waals surface area contributed by atoms with E-state index in [2.05, 4.69) is 35.1 Å². The maximum absolute atomic E-state index is 11.6. The number of nitrogens with one attached hydrogen (secondary N) is 1. The Hall–Kier alpha value is -0.0900. The van der Waals surface area contributed by atoms with Crippen LogP contribution in [0.5, 0.6) is 0 Å². The topological polar surface area (TPSA) is 38.3 Å². The third-order valence-corrected chi connectivity index (χ3v) is 4.27. The molecule has 102 valence electrons. The molecule has 1 amide bonds. The molecule has 0 fully saturated rings. The fourth-order valence-electron chi connectivity index (χ4n) is 1.36. The van der Waals surface area contributed by atoms with Crippen molar-refractivity contribution in [1.29, 1.82) is 0 Å². The van der Waals surface area contributed by atoms with Crippen molar-refractivity contribution in [3.8, 4) is 0 Å². The van der Waals surface area contributed by atoms with E-state index in [1.807, 2.05) is 20.8 Å². The molecule has 0 aromatic rings. The average molecular weight is 308 g/mol. The molecule has 0 aliphatic carbocycles. The summed E-state index contributed by atoms with van der Waals surface area (Å²) >= 11 is 3.53. The first kappa shape index (κ1) is 16.9. The Labute approximate surface area is 114 Å². The molecule has 0 saturated heterocycles. The monoisotopic (exact) mass is 307 g/mol. The van der Waals surface area contributed by atoms with Gasteiger partial charge < -0.3 is 10.1 Å². The van der Waals surface area contributed by atoms with E-state index in [1.54, 1.807) is 0 Å². The van der Waals surface area contributed by atoms with Crippen LogP contribution in [-0.4, -0.2) is 30.0 Å². The SMILES string of the molecule is CCC(CC)(CBr)CNC(=O)COC(C)(C)C. The van der Waals surface area contributed by atoms with Crippen molar-refractivity contribution in [2.45, 2.75) is 53.1 Å². The molecule has 17 heavy (non-hydrogen) atoms. The number of hydrogen-bond acceptors (Lipinski definition) is 2. The van der Waals surface area contributed by atoms with Gasteiger partial charge in [0.25, 0.3) is 0 Å². The average Bonchev–Trinajstić information content (AvgIpc) is 2.28. The lowest BCUT2D eigenvalue weighted by atomic mass is 9.84. The summed E-state index contributed by atoms with van der Waals surface area (Å²) in [5.74, 6) is -0.0350. The fourth-order valence-corrected chi connectivity index (χ4v) is 2.35. The Balaban J connectivity index is 4.06. The van der Waals surface area contributed by atoms with Gasteiger partial charge in [0.1, 0.15) is 6.61 Å². The van der Waals surface area contributed by atoms with Crippen molar-refractivity contribution in [1.82, 2.24) is 5.32 Å². The Bertz CT molecular complexity index is 224. The van der Waals surface area contributed by atoms with E-state index in [0.717, 1.165) is 18.2 Å². The molecule has 0 rings (SSSR count). The van der Waals surface area contributed by atoms with Gasteiger partial charge >= 0.3 is 0 Å². The van der Waals surface area contributed by atoms with Crippen LogP contribution < -0.4 is 5.32 Å². The predicted octanol–water partition coefficient (Wildman–Crippen LogP) is 3.12. The minimum Gasteiger partial charge on any atom is -0.366 e. The molecular formula is C13H26BrNO2. The third kappa shape index (κ3) is 7.04. The summed E-state index contributed by atoms with van der Waals surface area (Å²) < 4.78 is 5.43. The number of rotatable bonds is 7. The van der Waals surface area contributed by atoms with Crippen LogP contribution >= 0.6 is 15.9 Å². The summed E-state index contributed by atoms with van der Waals surface area (Å²) in [5.41, 5.74) is -0.100. The summed E-state index contributed by atoms with van der Waals surface area (Å²) in [6.45, 7) is 11.0. The second-order valence-corrected chi connectivity index (χ2v) is 6.08. The lowest BCUT2D eigenvalue weighted by Crippen LogP contribution is -2.40. The number of carbonyl (C=O) groups excluding carboxylic acids is 1. The van der Waals surface area contributed by atoms with E-state index < -0.39 is 0 Å². The van der Waals surface area contributed by atoms with E-state index >= 15 is 0 Å². The Kier molecular flexibility index (Phi) is 7.33. The molecule has 0 saturated carbocycles. The van der Waals surface area contributed by atoms with E-state index in [-0.39, 0.29) is 23.5 Å². The standard InChI is InChI=1S/C13H26BrNO2/c1-6-13(7-2,9-14)10-15-11(16)8-17-12(3,4)5/h6-10H2,1-5H3,(H,15,16). The first-order valence-corrected chi connectivity index (χ1v) is 7.37. The number of alkyl halides is 1. The number of carbonyl (C=O) groups is 1. The Morgan fingerprint density at radius 2 is 1.76 bits per heavy atom. The van der Waals surface area contributed by atoms with Gasteiger partial charge in [-0.1, -0.05) is 29.8 Å². The number of hydrogen-bond donors (Lipinski definition) is 1. The van der Waals surface area contributed by atoms with Crippen LogP contribution in [0.3, 0.4) is 0 Å². The van der Waals surface area contributed by atoms with Crippen LogP contribution in [0, 0.1) is 5.41 Å². The van der Waals surface area contributed by atoms with Crippen LogP contribution in [0.4, 0.5) is 0 Å². The molecule has 0 aromatic carbocycles. The largest absolute Gasteiger partial charge is 0.366 e. The van der Waals surface area contributed by atoms with Gasteiger partial charge in [0.15, 0.2) is 0 Å². The molecule has 0 spiro atoms. The molecule has 0 unspecified atom stereocenters. The molecule has 0 heterocycles. The minimum atomic E-state index is -0.265. The van der Waals surface area contributed by atoms with Crippen molar-refractivity contribution in [2.75, 3.05) is 18.5 Å². The summed E-state index contributed by atoms with van der Waals surface area (Å²) in [6.07, 6.45) is 2.10. The van der Waals surface area contributed by atoms with Crippen LogP contribution in [0.25, 0.3) is 0 Å². The highest BCUT2D eigenvalue weighted by Gasteiger charge is 2.25. The number of ether oxygens (including phenoxy) is 1. The van der Waals surface area contributed by atoms with Gasteiger partial charge in [0.2, 0.25) is 5.91 Å². The molecule has 3 nitrogen and oxygen atoms in total. The highest BCUT2D eigenvalue weighted by atomic mass is 79.9. The van der Waals surface area contributed by atoms with Crippen LogP contribution in [0.1, 0.15) is 47.5 Å². The number of amides is 1. The zero-order valence-corrected chi connectivity index (χ0v) is 13.3. The van der Waals surface area contributed by atoms with Gasteiger partial charge in [-0.15, -0.1) is 0 Å². The zero-order chi connectivity index (χ0) is 13.5. The fraction of sp³-hybridized carbons (Fsp3) is 0.923. The van der Waals surface area contributed by atoms with Gasteiger partial charge in [-0.3, -0.25) is 4.79 Å². The van der Waals surface area contributed by atoms with Crippen LogP contribution in [-0.2, 0) is 9.53 Å². The lowest BCUT2D eigenvalue weighted by Gasteiger charge is -2.30. The molecule has 1 N–H and O–H groups in total. The molecule has 0 atom stereocenters. The van der Waals surface area contributed by atoms with E-state index in [4.69, 9.17) is 4.74 Å². The summed E-state index contributed by atoms with van der Waals surface area (Å²) in [6, 6.07) is 0. The zero-order valence-electron chi connectivity index (χ0n) is 11.7. The van der Waals surface area contributed by atoms with Crippen molar-refractivity contribution in [3.63, 3.8) is 0 Å². The molecule has 0 bridgehead atoms. The number of halogens is 1. The van der Waals surface area contributed by atoms with E-state index in [9.17, 15) is 4.79 Å². The van der Waals surface area contributed by atoms with Gasteiger partial charge in [-0.2, -0.15) is 0 Å². The van der Waals surface area contributed by atoms with Crippen molar-refractivity contribution >= 4 is 21.8 Å². The molecule has 0 radical (unpaired) electrons. The minimum absolute atomic E-state index is 0.0350. The van der Waals surface area contributed by atoms with Crippen molar-refractivity contribution in [3.05, 3.63) is 0 Å². The normalized spacial score (nSPS) is 12.6. The molecule has 4 heteroatoms. The van der Waals surface area contributed by atoms with Crippen LogP contribution in [0.2, 0.25) is 0 Å². The first-order valence-electron chi connectivity index (χ1n) is 6.25. The lowest BCUT2D eigenvalue weighted by molar-refractivity contribution is -0.131. The van der Waals surface area contributed by atoms with Crippen molar-refractivity contribution in [2.24, 2.45) is 5.41 Å². The molecule has 0 aliphatic heterocycles. The Morgan fingerprint density at radius 1 is 1.24 bits per heavy atom. The van der Waals surface area contributed by atoms with Gasteiger partial charge in [0.05, 0.1) is 5.60 Å². The second-order valence-electron chi connectivity index (χ2n) is 5.52. The molecule has 0 aliphatic rings. The predicted molar refractivity (Wildman–Crippen MR) is 75.5 cm³/mol. The third-order valence-electron chi connectivity index (χ3n) is 3.08. The summed E-state index contributed by atoms with van der Waals surface area (Å²) in [5, 5.41) is 3.87. The highest BCUT2D eigenvalue weighted by Crippen LogP contribution is 2.27. The smallest absolute Gasteiger partial charge is 0.246 e. The van der Waals surface area contributed by atoms with Crippen molar-refractivity contribution < 1.29 is 9.53 Å². The first-order chi connectivity index (χ1) is 7.78. The maximum Gasteiger partial charge on any atom is 0.246 e. The highest BCUT2D eigenvalue weighted by molar-refractivity contribution is 9.09. The van der Waals surface area contributed by atoms with E-state index in [1.165, 1.54) is 0 Å². The molecular weight excluding hydrogens is 282 g/mol. The van der Waals surface area contributed by atoms with Crippen LogP contribution in [0.15, 0.2) is 0 Å². The Morgan fingerprint density at radius 3 is 2.12 bits per heavy atom. The maximum atomic E-state index is 11.6. The second kappa shape index (κ2) is 7.37. The summed E-state index contributed by atoms with van der Waals surface area (Å²) in [7, 11) is 0. The van der Waals surface area contributed by atoms with E-state index in [0.29, 0.717) is 6.54 Å².